The van der Waals surface area contributed by atoms with Crippen molar-refractivity contribution in [1.82, 2.24) is 4.57 Å². The van der Waals surface area contributed by atoms with E-state index in [2.05, 4.69) is 113 Å². The molecule has 0 aliphatic heterocycles. The van der Waals surface area contributed by atoms with Gasteiger partial charge in [-0.3, -0.25) is 0 Å². The fourth-order valence-corrected chi connectivity index (χ4v) is 7.60. The first-order valence-electron chi connectivity index (χ1n) is 18.0. The lowest BCUT2D eigenvalue weighted by atomic mass is 10.0. The summed E-state index contributed by atoms with van der Waals surface area (Å²) in [4.78, 5) is 3.32. The molecule has 222 valence electrons. The van der Waals surface area contributed by atoms with Gasteiger partial charge in [0, 0.05) is 32.7 Å². The van der Waals surface area contributed by atoms with Crippen molar-refractivity contribution in [2.45, 2.75) is 0 Å². The Morgan fingerprint density at radius 3 is 2.00 bits per heavy atom. The number of anilines is 3. The Labute approximate surface area is 285 Å². The van der Waals surface area contributed by atoms with E-state index in [1.807, 2.05) is 48.5 Å². The molecule has 0 radical (unpaired) electrons. The van der Waals surface area contributed by atoms with E-state index < -0.39 is 6.04 Å². The van der Waals surface area contributed by atoms with Crippen LogP contribution in [0.25, 0.3) is 59.8 Å². The molecule has 0 atom stereocenters. The second-order valence-corrected chi connectivity index (χ2v) is 12.5. The van der Waals surface area contributed by atoms with Gasteiger partial charge < -0.3 is 9.47 Å². The number of thiophene rings is 1. The van der Waals surface area contributed by atoms with Crippen LogP contribution >= 0.6 is 11.3 Å². The second kappa shape index (κ2) is 11.5. The van der Waals surface area contributed by atoms with Gasteiger partial charge in [0.1, 0.15) is 5.00 Å². The van der Waals surface area contributed by atoms with Crippen LogP contribution in [0.4, 0.5) is 16.4 Å². The molecular weight excluding hydrogens is 589 g/mol. The first-order valence-corrected chi connectivity index (χ1v) is 16.3. The Morgan fingerprint density at radius 1 is 0.511 bits per heavy atom. The first-order chi connectivity index (χ1) is 25.4. The van der Waals surface area contributed by atoms with Crippen molar-refractivity contribution in [3.8, 4) is 27.3 Å². The zero-order valence-corrected chi connectivity index (χ0v) is 26.1. The quantitative estimate of drug-likeness (QED) is 0.179. The molecule has 47 heavy (non-hydrogen) atoms. The standard InChI is InChI=1S/C44H30N2S/c1-4-12-31(13-5-1)32-20-24-37(25-21-32)45(35-15-6-2-7-16-35)43-29-28-42(47-43)34-23-26-40-39(30-34)44-38-19-11-10-14-33(38)22-27-41(44)46(40)36-17-8-3-9-18-36/h1-30H/i1D,4D,5D,12D,13D. The summed E-state index contributed by atoms with van der Waals surface area (Å²) in [7, 11) is 0. The molecule has 0 amide bonds. The lowest BCUT2D eigenvalue weighted by molar-refractivity contribution is 1.18. The fourth-order valence-electron chi connectivity index (χ4n) is 6.55. The van der Waals surface area contributed by atoms with Crippen LogP contribution in [0.2, 0.25) is 0 Å². The molecule has 7 aromatic carbocycles. The Bertz CT molecular complexity index is 2760. The summed E-state index contributed by atoms with van der Waals surface area (Å²) in [6.45, 7) is 0. The highest BCUT2D eigenvalue weighted by Gasteiger charge is 2.18. The van der Waals surface area contributed by atoms with Crippen LogP contribution in [0.5, 0.6) is 0 Å². The van der Waals surface area contributed by atoms with Gasteiger partial charge >= 0.3 is 0 Å². The molecule has 3 heteroatoms. The maximum atomic E-state index is 8.46. The molecule has 0 unspecified atom stereocenters. The maximum Gasteiger partial charge on any atom is 0.101 e. The van der Waals surface area contributed by atoms with Crippen molar-refractivity contribution >= 4 is 60.3 Å². The van der Waals surface area contributed by atoms with E-state index in [0.717, 1.165) is 38.0 Å². The second-order valence-electron chi connectivity index (χ2n) is 11.4. The lowest BCUT2D eigenvalue weighted by Crippen LogP contribution is -2.07. The zero-order valence-electron chi connectivity index (χ0n) is 30.2. The van der Waals surface area contributed by atoms with Crippen molar-refractivity contribution in [2.75, 3.05) is 4.90 Å². The SMILES string of the molecule is [2H]c1c([2H])c([2H])c(-c2ccc(N(c3ccccc3)c3ccc(-c4ccc5c(c4)c4c6ccccc6ccc4n5-c4ccccc4)s3)cc2)c([2H])c1[2H]. The summed E-state index contributed by atoms with van der Waals surface area (Å²) >= 11 is 1.70. The third kappa shape index (κ3) is 4.80. The minimum Gasteiger partial charge on any atom is -0.309 e. The predicted octanol–water partition coefficient (Wildman–Crippen LogP) is 12.8. The van der Waals surface area contributed by atoms with Crippen LogP contribution in [-0.2, 0) is 0 Å². The number of aromatic nitrogens is 1. The van der Waals surface area contributed by atoms with E-state index in [1.165, 1.54) is 27.1 Å². The number of benzene rings is 7. The molecule has 0 aliphatic rings. The first kappa shape index (κ1) is 22.6. The number of para-hydroxylation sites is 2. The van der Waals surface area contributed by atoms with Gasteiger partial charge in [0.2, 0.25) is 0 Å². The van der Waals surface area contributed by atoms with Crippen LogP contribution in [-0.4, -0.2) is 4.57 Å². The average molecular weight is 624 g/mol. The molecule has 2 heterocycles. The van der Waals surface area contributed by atoms with Gasteiger partial charge in [-0.25, -0.2) is 0 Å². The molecule has 0 saturated carbocycles. The van der Waals surface area contributed by atoms with E-state index in [4.69, 9.17) is 6.85 Å². The van der Waals surface area contributed by atoms with Gasteiger partial charge in [-0.1, -0.05) is 115 Å². The van der Waals surface area contributed by atoms with Gasteiger partial charge in [-0.15, -0.1) is 11.3 Å². The normalized spacial score (nSPS) is 12.9. The molecule has 2 aromatic heterocycles. The van der Waals surface area contributed by atoms with Crippen LogP contribution in [0.3, 0.4) is 0 Å². The van der Waals surface area contributed by atoms with Gasteiger partial charge in [0.25, 0.3) is 0 Å². The minimum absolute atomic E-state index is 0.194. The summed E-state index contributed by atoms with van der Waals surface area (Å²) in [5.74, 6) is 0. The van der Waals surface area contributed by atoms with Gasteiger partial charge in [-0.05, 0) is 94.2 Å². The number of rotatable bonds is 6. The Kier molecular flexibility index (Phi) is 5.51. The Balaban J connectivity index is 1.16. The lowest BCUT2D eigenvalue weighted by Gasteiger charge is -2.23. The van der Waals surface area contributed by atoms with Gasteiger partial charge in [-0.2, -0.15) is 0 Å². The van der Waals surface area contributed by atoms with Gasteiger partial charge in [0.15, 0.2) is 0 Å². The summed E-state index contributed by atoms with van der Waals surface area (Å²) in [6, 6.07) is 50.8. The number of hydrogen-bond acceptors (Lipinski definition) is 2. The highest BCUT2D eigenvalue weighted by Crippen LogP contribution is 2.44. The van der Waals surface area contributed by atoms with E-state index in [1.54, 1.807) is 11.3 Å². The third-order valence-electron chi connectivity index (χ3n) is 8.69. The molecule has 9 rings (SSSR count). The van der Waals surface area contributed by atoms with Crippen LogP contribution in [0.15, 0.2) is 182 Å². The third-order valence-corrected chi connectivity index (χ3v) is 9.81. The zero-order chi connectivity index (χ0) is 35.5. The topological polar surface area (TPSA) is 8.17 Å². The molecule has 0 bridgehead atoms. The van der Waals surface area contributed by atoms with Crippen LogP contribution in [0, 0.1) is 0 Å². The average Bonchev–Trinajstić information content (AvgIpc) is 3.81. The Hall–Kier alpha value is -5.90. The fraction of sp³-hybridized carbons (Fsp3) is 0. The van der Waals surface area contributed by atoms with E-state index in [9.17, 15) is 0 Å². The molecule has 0 aliphatic carbocycles. The maximum absolute atomic E-state index is 8.46. The summed E-state index contributed by atoms with van der Waals surface area (Å²) < 4.78 is 43.5. The summed E-state index contributed by atoms with van der Waals surface area (Å²) in [5, 5.41) is 5.90. The highest BCUT2D eigenvalue weighted by atomic mass is 32.1. The number of hydrogen-bond donors (Lipinski definition) is 0. The van der Waals surface area contributed by atoms with Gasteiger partial charge in [0.05, 0.1) is 17.9 Å². The molecular formula is C44H30N2S. The van der Waals surface area contributed by atoms with Crippen molar-refractivity contribution in [1.29, 1.82) is 0 Å². The monoisotopic (exact) mass is 623 g/mol. The largest absolute Gasteiger partial charge is 0.309 e. The van der Waals surface area contributed by atoms with E-state index in [-0.39, 0.29) is 29.7 Å². The smallest absolute Gasteiger partial charge is 0.101 e. The number of nitrogens with zero attached hydrogens (tertiary/aromatic N) is 2. The van der Waals surface area contributed by atoms with Crippen molar-refractivity contribution in [3.63, 3.8) is 0 Å². The minimum atomic E-state index is -0.395. The summed E-state index contributed by atoms with van der Waals surface area (Å²) in [6.07, 6.45) is 0. The molecule has 9 aromatic rings. The van der Waals surface area contributed by atoms with E-state index in [0.29, 0.717) is 5.56 Å². The van der Waals surface area contributed by atoms with Crippen molar-refractivity contribution < 1.29 is 6.85 Å². The highest BCUT2D eigenvalue weighted by molar-refractivity contribution is 7.19. The van der Waals surface area contributed by atoms with Crippen molar-refractivity contribution in [2.24, 2.45) is 0 Å². The molecule has 2 nitrogen and oxygen atoms in total. The summed E-state index contributed by atoms with van der Waals surface area (Å²) in [5.41, 5.74) is 7.22. The molecule has 0 N–H and O–H groups in total. The van der Waals surface area contributed by atoms with E-state index >= 15 is 0 Å². The number of fused-ring (bicyclic) bond motifs is 5. The van der Waals surface area contributed by atoms with Crippen molar-refractivity contribution in [3.05, 3.63) is 182 Å². The van der Waals surface area contributed by atoms with Crippen LogP contribution in [0.1, 0.15) is 6.85 Å². The molecule has 0 spiro atoms. The predicted molar refractivity (Wildman–Crippen MR) is 202 cm³/mol. The Morgan fingerprint density at radius 2 is 1.19 bits per heavy atom. The molecule has 0 saturated heterocycles. The molecule has 0 fully saturated rings. The van der Waals surface area contributed by atoms with Crippen LogP contribution < -0.4 is 4.90 Å².